The van der Waals surface area contributed by atoms with Crippen LogP contribution in [-0.2, 0) is 0 Å². The molecule has 0 saturated carbocycles. The molecule has 2 aromatic rings. The molecule has 1 N–H and O–H groups in total. The predicted octanol–water partition coefficient (Wildman–Crippen LogP) is 3.51. The summed E-state index contributed by atoms with van der Waals surface area (Å²) in [5.74, 6) is -1.59. The van der Waals surface area contributed by atoms with E-state index in [0.29, 0.717) is 5.56 Å². The Balaban J connectivity index is 2.56. The van der Waals surface area contributed by atoms with Gasteiger partial charge in [-0.3, -0.25) is 4.98 Å². The molecule has 0 bridgehead atoms. The highest BCUT2D eigenvalue weighted by Gasteiger charge is 2.22. The largest absolute Gasteiger partial charge is 0.383 e. The Labute approximate surface area is 111 Å². The summed E-state index contributed by atoms with van der Waals surface area (Å²) < 4.78 is 27.6. The van der Waals surface area contributed by atoms with Crippen molar-refractivity contribution >= 4 is 15.9 Å². The Hall–Kier alpha value is -1.33. The van der Waals surface area contributed by atoms with Crippen LogP contribution in [-0.4, -0.2) is 10.1 Å². The number of halogens is 3. The van der Waals surface area contributed by atoms with E-state index in [4.69, 9.17) is 0 Å². The second-order valence-corrected chi connectivity index (χ2v) is 4.75. The molecule has 1 atom stereocenters. The fourth-order valence-electron chi connectivity index (χ4n) is 1.71. The van der Waals surface area contributed by atoms with E-state index in [2.05, 4.69) is 20.9 Å². The van der Waals surface area contributed by atoms with Crippen molar-refractivity contribution in [1.82, 2.24) is 4.98 Å². The number of aliphatic hydroxyl groups is 1. The van der Waals surface area contributed by atoms with Crippen molar-refractivity contribution in [2.24, 2.45) is 0 Å². The van der Waals surface area contributed by atoms with Gasteiger partial charge in [-0.1, -0.05) is 0 Å². The molecule has 94 valence electrons. The highest BCUT2D eigenvalue weighted by molar-refractivity contribution is 9.10. The van der Waals surface area contributed by atoms with Crippen LogP contribution in [0.25, 0.3) is 0 Å². The molecule has 18 heavy (non-hydrogen) atoms. The molecule has 1 unspecified atom stereocenters. The van der Waals surface area contributed by atoms with Crippen molar-refractivity contribution < 1.29 is 13.9 Å². The molecule has 0 aliphatic heterocycles. The quantitative estimate of drug-likeness (QED) is 0.861. The van der Waals surface area contributed by atoms with E-state index in [9.17, 15) is 13.9 Å². The van der Waals surface area contributed by atoms with E-state index >= 15 is 0 Å². The molecule has 1 heterocycles. The number of aryl methyl sites for hydroxylation is 1. The Morgan fingerprint density at radius 1 is 1.28 bits per heavy atom. The normalized spacial score (nSPS) is 12.5. The molecule has 2 rings (SSSR count). The number of hydrogen-bond donors (Lipinski definition) is 1. The number of hydrogen-bond acceptors (Lipinski definition) is 2. The van der Waals surface area contributed by atoms with Gasteiger partial charge in [-0.15, -0.1) is 0 Å². The van der Waals surface area contributed by atoms with Crippen molar-refractivity contribution in [2.45, 2.75) is 13.0 Å². The first-order valence-corrected chi connectivity index (χ1v) is 6.03. The Morgan fingerprint density at radius 2 is 2.00 bits per heavy atom. The van der Waals surface area contributed by atoms with Gasteiger partial charge in [-0.25, -0.2) is 8.78 Å². The molecule has 5 heteroatoms. The van der Waals surface area contributed by atoms with Gasteiger partial charge >= 0.3 is 0 Å². The minimum absolute atomic E-state index is 0.111. The summed E-state index contributed by atoms with van der Waals surface area (Å²) in [4.78, 5) is 3.86. The van der Waals surface area contributed by atoms with Gasteiger partial charge in [0.05, 0.1) is 10.0 Å². The Kier molecular flexibility index (Phi) is 3.73. The third kappa shape index (κ3) is 2.28. The number of rotatable bonds is 2. The summed E-state index contributed by atoms with van der Waals surface area (Å²) in [7, 11) is 0. The molecular formula is C13H10BrF2NO. The minimum Gasteiger partial charge on any atom is -0.383 e. The number of aromatic nitrogens is 1. The highest BCUT2D eigenvalue weighted by Crippen LogP contribution is 2.31. The summed E-state index contributed by atoms with van der Waals surface area (Å²) in [6.07, 6.45) is 1.58. The molecule has 0 aliphatic carbocycles. The van der Waals surface area contributed by atoms with E-state index in [1.807, 2.05) is 0 Å². The van der Waals surface area contributed by atoms with Crippen molar-refractivity contribution in [2.75, 3.05) is 0 Å². The first-order valence-electron chi connectivity index (χ1n) is 5.24. The second kappa shape index (κ2) is 5.12. The lowest BCUT2D eigenvalue weighted by Crippen LogP contribution is -2.08. The molecule has 1 aromatic heterocycles. The zero-order valence-electron chi connectivity index (χ0n) is 9.49. The smallest absolute Gasteiger partial charge is 0.146 e. The van der Waals surface area contributed by atoms with Gasteiger partial charge in [-0.05, 0) is 46.6 Å². The zero-order chi connectivity index (χ0) is 13.3. The Bertz CT molecular complexity index is 589. The topological polar surface area (TPSA) is 33.1 Å². The maximum atomic E-state index is 13.9. The zero-order valence-corrected chi connectivity index (χ0v) is 11.1. The lowest BCUT2D eigenvalue weighted by Gasteiger charge is -2.15. The summed E-state index contributed by atoms with van der Waals surface area (Å²) in [5.41, 5.74) is 0.727. The number of aliphatic hydroxyl groups excluding tert-OH is 1. The number of benzene rings is 1. The van der Waals surface area contributed by atoms with Crippen LogP contribution < -0.4 is 0 Å². The van der Waals surface area contributed by atoms with Gasteiger partial charge in [-0.2, -0.15) is 0 Å². The third-order valence-corrected chi connectivity index (χ3v) is 3.34. The molecule has 0 saturated heterocycles. The summed E-state index contributed by atoms with van der Waals surface area (Å²) >= 11 is 2.97. The lowest BCUT2D eigenvalue weighted by molar-refractivity contribution is 0.207. The monoisotopic (exact) mass is 313 g/mol. The van der Waals surface area contributed by atoms with E-state index in [0.717, 1.165) is 11.6 Å². The molecule has 0 aliphatic rings. The fourth-order valence-corrected chi connectivity index (χ4v) is 2.06. The van der Waals surface area contributed by atoms with Crippen LogP contribution in [0.5, 0.6) is 0 Å². The van der Waals surface area contributed by atoms with Gasteiger partial charge < -0.3 is 5.11 Å². The number of pyridine rings is 1. The van der Waals surface area contributed by atoms with Crippen molar-refractivity contribution in [1.29, 1.82) is 0 Å². The molecule has 0 amide bonds. The second-order valence-electron chi connectivity index (χ2n) is 3.89. The molecule has 2 nitrogen and oxygen atoms in total. The van der Waals surface area contributed by atoms with Gasteiger partial charge in [0.15, 0.2) is 0 Å². The van der Waals surface area contributed by atoms with E-state index in [1.54, 1.807) is 19.2 Å². The first kappa shape index (κ1) is 13.1. The standard InChI is InChI=1S/C13H10BrF2NO/c1-7-4-5-17-6-8(7)13(18)11-10(15)3-2-9(14)12(11)16/h2-6,13,18H,1H3. The molecule has 0 radical (unpaired) electrons. The first-order chi connectivity index (χ1) is 8.52. The van der Waals surface area contributed by atoms with E-state index in [1.165, 1.54) is 12.3 Å². The fraction of sp³-hybridized carbons (Fsp3) is 0.154. The predicted molar refractivity (Wildman–Crippen MR) is 67.1 cm³/mol. The number of nitrogens with zero attached hydrogens (tertiary/aromatic N) is 1. The van der Waals surface area contributed by atoms with Crippen LogP contribution >= 0.6 is 15.9 Å². The van der Waals surface area contributed by atoms with Crippen LogP contribution in [0.3, 0.4) is 0 Å². The van der Waals surface area contributed by atoms with Crippen molar-refractivity contribution in [3.8, 4) is 0 Å². The van der Waals surface area contributed by atoms with E-state index in [-0.39, 0.29) is 10.0 Å². The molecular weight excluding hydrogens is 304 g/mol. The minimum atomic E-state index is -1.38. The van der Waals surface area contributed by atoms with Crippen LogP contribution in [0.15, 0.2) is 35.1 Å². The maximum Gasteiger partial charge on any atom is 0.146 e. The van der Waals surface area contributed by atoms with Gasteiger partial charge in [0.2, 0.25) is 0 Å². The van der Waals surface area contributed by atoms with Gasteiger partial charge in [0, 0.05) is 18.0 Å². The molecule has 0 fully saturated rings. The van der Waals surface area contributed by atoms with E-state index < -0.39 is 17.7 Å². The Morgan fingerprint density at radius 3 is 2.67 bits per heavy atom. The summed E-state index contributed by atoms with van der Waals surface area (Å²) in [5, 5.41) is 10.1. The van der Waals surface area contributed by atoms with Crippen LogP contribution in [0.1, 0.15) is 22.8 Å². The summed E-state index contributed by atoms with van der Waals surface area (Å²) in [6, 6.07) is 4.04. The summed E-state index contributed by atoms with van der Waals surface area (Å²) in [6.45, 7) is 1.74. The molecule has 0 spiro atoms. The van der Waals surface area contributed by atoms with Crippen LogP contribution in [0, 0.1) is 18.6 Å². The highest BCUT2D eigenvalue weighted by atomic mass is 79.9. The lowest BCUT2D eigenvalue weighted by atomic mass is 9.98. The SMILES string of the molecule is Cc1ccncc1C(O)c1c(F)ccc(Br)c1F. The van der Waals surface area contributed by atoms with Crippen LogP contribution in [0.4, 0.5) is 8.78 Å². The average Bonchev–Trinajstić information content (AvgIpc) is 2.35. The third-order valence-electron chi connectivity index (χ3n) is 2.73. The van der Waals surface area contributed by atoms with Gasteiger partial charge in [0.25, 0.3) is 0 Å². The van der Waals surface area contributed by atoms with Crippen molar-refractivity contribution in [3.05, 3.63) is 63.4 Å². The maximum absolute atomic E-state index is 13.9. The van der Waals surface area contributed by atoms with Crippen LogP contribution in [0.2, 0.25) is 0 Å². The molecule has 1 aromatic carbocycles. The van der Waals surface area contributed by atoms with Crippen molar-refractivity contribution in [3.63, 3.8) is 0 Å². The average molecular weight is 314 g/mol. The van der Waals surface area contributed by atoms with Gasteiger partial charge in [0.1, 0.15) is 17.7 Å².